The Morgan fingerprint density at radius 1 is 0.500 bits per heavy atom. The number of nitrogens with zero attached hydrogens (tertiary/aromatic N) is 2. The molecule has 0 aliphatic rings. The Labute approximate surface area is 312 Å². The highest BCUT2D eigenvalue weighted by molar-refractivity contribution is 6.08. The van der Waals surface area contributed by atoms with Crippen molar-refractivity contribution in [1.82, 2.24) is 20.6 Å². The van der Waals surface area contributed by atoms with E-state index < -0.39 is 0 Å². The van der Waals surface area contributed by atoms with Gasteiger partial charge in [-0.3, -0.25) is 9.59 Å². The lowest BCUT2D eigenvalue weighted by atomic mass is 10.0. The third-order valence-corrected chi connectivity index (χ3v) is 9.22. The highest BCUT2D eigenvalue weighted by Gasteiger charge is 2.18. The number of aromatic nitrogens is 2. The van der Waals surface area contributed by atoms with Crippen LogP contribution in [0.25, 0.3) is 44.3 Å². The summed E-state index contributed by atoms with van der Waals surface area (Å²) in [6, 6.07) is 37.5. The molecule has 2 heterocycles. The molecule has 0 saturated heterocycles. The molecule has 7 aromatic rings. The fraction of sp³-hybridized carbons (Fsp3) is 0.136. The zero-order valence-electron chi connectivity index (χ0n) is 30.3. The van der Waals surface area contributed by atoms with E-state index in [1.165, 1.54) is 0 Å². The van der Waals surface area contributed by atoms with Crippen LogP contribution in [0.5, 0.6) is 23.0 Å². The molecule has 54 heavy (non-hydrogen) atoms. The van der Waals surface area contributed by atoms with Gasteiger partial charge in [0.25, 0.3) is 11.8 Å². The molecule has 0 fully saturated rings. The van der Waals surface area contributed by atoms with Crippen molar-refractivity contribution in [2.45, 2.75) is 13.1 Å². The van der Waals surface area contributed by atoms with Gasteiger partial charge in [-0.2, -0.15) is 0 Å². The van der Waals surface area contributed by atoms with Gasteiger partial charge in [-0.25, -0.2) is 9.97 Å². The van der Waals surface area contributed by atoms with Crippen molar-refractivity contribution >= 4 is 33.6 Å². The number of amides is 2. The minimum Gasteiger partial charge on any atom is -0.497 e. The number of carbonyl (C=O) groups excluding carboxylic acids is 2. The summed E-state index contributed by atoms with van der Waals surface area (Å²) in [6.45, 7) is 0.619. The van der Waals surface area contributed by atoms with Gasteiger partial charge >= 0.3 is 0 Å². The molecular formula is C44H38N4O6. The standard InChI is InChI=1S/C44H38N4O6/c1-51-29-17-19-33(41(21-29)53-3)39-23-35(31-9-5-7-11-37(31)47-39)43(49)45-25-27-13-15-28(16-14-27)26-46-44(50)36-24-40(48-38-12-8-6-10-32(36)38)34-20-18-30(52-2)22-42(34)54-4/h5-24H,25-26H2,1-4H3,(H,45,49)(H,46,50). The van der Waals surface area contributed by atoms with Crippen LogP contribution < -0.4 is 29.6 Å². The SMILES string of the molecule is COc1ccc(-c2cc(C(=O)NCc3ccc(CNC(=O)c4cc(-c5ccc(OC)cc5OC)nc5ccccc45)cc3)c3ccccc3n2)c(OC)c1. The lowest BCUT2D eigenvalue weighted by Gasteiger charge is -2.14. The molecule has 0 aliphatic heterocycles. The molecule has 0 bridgehead atoms. The molecule has 2 aromatic heterocycles. The number of benzene rings is 5. The van der Waals surface area contributed by atoms with Crippen LogP contribution in [0.4, 0.5) is 0 Å². The molecule has 0 radical (unpaired) electrons. The molecule has 0 aliphatic carbocycles. The van der Waals surface area contributed by atoms with E-state index in [9.17, 15) is 9.59 Å². The molecule has 0 saturated carbocycles. The summed E-state index contributed by atoms with van der Waals surface area (Å²) >= 11 is 0. The minimum absolute atomic E-state index is 0.227. The largest absolute Gasteiger partial charge is 0.497 e. The molecule has 0 spiro atoms. The molecule has 270 valence electrons. The van der Waals surface area contributed by atoms with Crippen LogP contribution in [0.1, 0.15) is 31.8 Å². The first kappa shape index (κ1) is 35.5. The van der Waals surface area contributed by atoms with Crippen LogP contribution >= 0.6 is 0 Å². The Hall–Kier alpha value is -6.94. The number of nitrogens with one attached hydrogen (secondary N) is 2. The zero-order chi connectivity index (χ0) is 37.6. The Balaban J connectivity index is 1.05. The van der Waals surface area contributed by atoms with Crippen molar-refractivity contribution in [3.63, 3.8) is 0 Å². The fourth-order valence-corrected chi connectivity index (χ4v) is 6.35. The summed E-state index contributed by atoms with van der Waals surface area (Å²) in [5.74, 6) is 2.04. The molecule has 7 rings (SSSR count). The number of rotatable bonds is 12. The van der Waals surface area contributed by atoms with E-state index >= 15 is 0 Å². The van der Waals surface area contributed by atoms with Crippen LogP contribution in [0.3, 0.4) is 0 Å². The third kappa shape index (κ3) is 7.35. The second-order valence-electron chi connectivity index (χ2n) is 12.5. The molecule has 10 heteroatoms. The zero-order valence-corrected chi connectivity index (χ0v) is 30.3. The van der Waals surface area contributed by atoms with Gasteiger partial charge in [0.2, 0.25) is 0 Å². The van der Waals surface area contributed by atoms with E-state index in [1.807, 2.05) is 97.1 Å². The van der Waals surface area contributed by atoms with Gasteiger partial charge in [-0.05, 0) is 59.7 Å². The second kappa shape index (κ2) is 15.7. The number of pyridine rings is 2. The molecule has 2 N–H and O–H groups in total. The smallest absolute Gasteiger partial charge is 0.252 e. The molecule has 0 unspecified atom stereocenters. The van der Waals surface area contributed by atoms with E-state index in [0.29, 0.717) is 69.6 Å². The monoisotopic (exact) mass is 718 g/mol. The quantitative estimate of drug-likeness (QED) is 0.130. The van der Waals surface area contributed by atoms with Gasteiger partial charge in [-0.15, -0.1) is 0 Å². The number of methoxy groups -OCH3 is 4. The maximum absolute atomic E-state index is 13.7. The van der Waals surface area contributed by atoms with Crippen molar-refractivity contribution in [2.24, 2.45) is 0 Å². The molecule has 0 atom stereocenters. The molecule has 2 amide bonds. The molecule has 10 nitrogen and oxygen atoms in total. The summed E-state index contributed by atoms with van der Waals surface area (Å²) in [7, 11) is 6.37. The third-order valence-electron chi connectivity index (χ3n) is 9.22. The minimum atomic E-state index is -0.227. The van der Waals surface area contributed by atoms with Gasteiger partial charge in [0, 0.05) is 47.1 Å². The predicted molar refractivity (Wildman–Crippen MR) is 209 cm³/mol. The van der Waals surface area contributed by atoms with E-state index in [2.05, 4.69) is 10.6 Å². The first-order valence-electron chi connectivity index (χ1n) is 17.3. The summed E-state index contributed by atoms with van der Waals surface area (Å²) in [6.07, 6.45) is 0. The van der Waals surface area contributed by atoms with Gasteiger partial charge in [-0.1, -0.05) is 60.7 Å². The Bertz CT molecular complexity index is 2330. The van der Waals surface area contributed by atoms with Crippen molar-refractivity contribution in [3.05, 3.63) is 144 Å². The summed E-state index contributed by atoms with van der Waals surface area (Å²) in [5, 5.41) is 7.62. The van der Waals surface area contributed by atoms with Gasteiger partial charge in [0.1, 0.15) is 23.0 Å². The maximum atomic E-state index is 13.7. The van der Waals surface area contributed by atoms with E-state index in [4.69, 9.17) is 28.9 Å². The lowest BCUT2D eigenvalue weighted by Crippen LogP contribution is -2.24. The number of ether oxygens (including phenoxy) is 4. The van der Waals surface area contributed by atoms with Crippen LogP contribution in [-0.4, -0.2) is 50.2 Å². The number of carbonyl (C=O) groups is 2. The van der Waals surface area contributed by atoms with Crippen LogP contribution in [0, 0.1) is 0 Å². The van der Waals surface area contributed by atoms with Crippen molar-refractivity contribution in [1.29, 1.82) is 0 Å². The maximum Gasteiger partial charge on any atom is 0.252 e. The van der Waals surface area contributed by atoms with E-state index in [1.54, 1.807) is 52.7 Å². The van der Waals surface area contributed by atoms with E-state index in [0.717, 1.165) is 33.0 Å². The average molecular weight is 719 g/mol. The summed E-state index contributed by atoms with van der Waals surface area (Å²) in [5.41, 5.74) is 6.94. The Morgan fingerprint density at radius 2 is 0.907 bits per heavy atom. The summed E-state index contributed by atoms with van der Waals surface area (Å²) in [4.78, 5) is 37.0. The normalized spacial score (nSPS) is 10.9. The first-order valence-corrected chi connectivity index (χ1v) is 17.3. The number of hydrogen-bond acceptors (Lipinski definition) is 8. The highest BCUT2D eigenvalue weighted by atomic mass is 16.5. The number of fused-ring (bicyclic) bond motifs is 2. The first-order chi connectivity index (χ1) is 26.4. The fourth-order valence-electron chi connectivity index (χ4n) is 6.35. The van der Waals surface area contributed by atoms with Gasteiger partial charge in [0.05, 0.1) is 62.0 Å². The van der Waals surface area contributed by atoms with Crippen molar-refractivity contribution in [3.8, 4) is 45.5 Å². The highest BCUT2D eigenvalue weighted by Crippen LogP contribution is 2.36. The lowest BCUT2D eigenvalue weighted by molar-refractivity contribution is 0.0944. The van der Waals surface area contributed by atoms with Crippen LogP contribution in [0.2, 0.25) is 0 Å². The summed E-state index contributed by atoms with van der Waals surface area (Å²) < 4.78 is 22.0. The average Bonchev–Trinajstić information content (AvgIpc) is 3.23. The predicted octanol–water partition coefficient (Wildman–Crippen LogP) is 8.01. The van der Waals surface area contributed by atoms with Gasteiger partial charge < -0.3 is 29.6 Å². The van der Waals surface area contributed by atoms with Crippen LogP contribution in [0.15, 0.2) is 121 Å². The Morgan fingerprint density at radius 3 is 1.30 bits per heavy atom. The van der Waals surface area contributed by atoms with Crippen molar-refractivity contribution < 1.29 is 28.5 Å². The van der Waals surface area contributed by atoms with Crippen molar-refractivity contribution in [2.75, 3.05) is 28.4 Å². The second-order valence-corrected chi connectivity index (χ2v) is 12.5. The van der Waals surface area contributed by atoms with Crippen LogP contribution in [-0.2, 0) is 13.1 Å². The molecular weight excluding hydrogens is 681 g/mol. The Kier molecular flexibility index (Phi) is 10.3. The van der Waals surface area contributed by atoms with Gasteiger partial charge in [0.15, 0.2) is 0 Å². The number of hydrogen-bond donors (Lipinski definition) is 2. The molecule has 5 aromatic carbocycles. The number of para-hydroxylation sites is 2. The van der Waals surface area contributed by atoms with E-state index in [-0.39, 0.29) is 11.8 Å². The topological polar surface area (TPSA) is 121 Å².